The Morgan fingerprint density at radius 2 is 1.94 bits per heavy atom. The molecule has 100 valence electrons. The highest BCUT2D eigenvalue weighted by Crippen LogP contribution is 2.17. The molecule has 2 N–H and O–H groups in total. The molecule has 6 heteroatoms. The first kappa shape index (κ1) is 14.3. The summed E-state index contributed by atoms with van der Waals surface area (Å²) >= 11 is 0. The van der Waals surface area contributed by atoms with E-state index in [1.54, 1.807) is 24.3 Å². The monoisotopic (exact) mass is 260 g/mol. The topological polar surface area (TPSA) is 46.3 Å². The van der Waals surface area contributed by atoms with Gasteiger partial charge in [-0.25, -0.2) is 0 Å². The molecule has 0 spiro atoms. The van der Waals surface area contributed by atoms with Crippen LogP contribution in [0.4, 0.5) is 18.9 Å². The van der Waals surface area contributed by atoms with E-state index in [2.05, 4.69) is 0 Å². The Kier molecular flexibility index (Phi) is 4.58. The molecule has 0 aliphatic heterocycles. The van der Waals surface area contributed by atoms with Crippen molar-refractivity contribution in [3.8, 4) is 0 Å². The molecule has 0 radical (unpaired) electrons. The number of nitrogen functional groups attached to an aromatic ring is 1. The number of carbonyl (C=O) groups is 1. The summed E-state index contributed by atoms with van der Waals surface area (Å²) in [5.74, 6) is -0.546. The SMILES string of the molecule is CN(CC(F)(F)F)C(=O)CCc1ccccc1N. The maximum absolute atomic E-state index is 12.1. The Bertz CT molecular complexity index is 418. The summed E-state index contributed by atoms with van der Waals surface area (Å²) < 4.78 is 36.2. The third-order valence-corrected chi connectivity index (χ3v) is 2.51. The minimum atomic E-state index is -4.36. The van der Waals surface area contributed by atoms with E-state index in [0.717, 1.165) is 12.6 Å². The summed E-state index contributed by atoms with van der Waals surface area (Å²) in [4.78, 5) is 12.2. The van der Waals surface area contributed by atoms with Crippen molar-refractivity contribution in [2.45, 2.75) is 19.0 Å². The van der Waals surface area contributed by atoms with Gasteiger partial charge in [0.15, 0.2) is 0 Å². The van der Waals surface area contributed by atoms with E-state index >= 15 is 0 Å². The van der Waals surface area contributed by atoms with Gasteiger partial charge >= 0.3 is 6.18 Å². The lowest BCUT2D eigenvalue weighted by Crippen LogP contribution is -2.35. The molecule has 1 rings (SSSR count). The van der Waals surface area contributed by atoms with Crippen molar-refractivity contribution in [3.63, 3.8) is 0 Å². The van der Waals surface area contributed by atoms with E-state index in [9.17, 15) is 18.0 Å². The number of aryl methyl sites for hydroxylation is 1. The molecule has 1 amide bonds. The molecule has 0 aromatic heterocycles. The molecular weight excluding hydrogens is 245 g/mol. The number of carbonyl (C=O) groups excluding carboxylic acids is 1. The standard InChI is InChI=1S/C12H15F3N2O/c1-17(8-12(13,14)15)11(18)7-6-9-4-2-3-5-10(9)16/h2-5H,6-8,16H2,1H3. The summed E-state index contributed by atoms with van der Waals surface area (Å²) in [7, 11) is 1.14. The predicted octanol–water partition coefficient (Wildman–Crippen LogP) is 2.22. The number of halogens is 3. The van der Waals surface area contributed by atoms with Crippen LogP contribution in [0, 0.1) is 0 Å². The van der Waals surface area contributed by atoms with Gasteiger partial charge in [0.25, 0.3) is 0 Å². The number of anilines is 1. The zero-order valence-corrected chi connectivity index (χ0v) is 10.00. The number of hydrogen-bond donors (Lipinski definition) is 1. The molecule has 0 atom stereocenters. The number of rotatable bonds is 4. The lowest BCUT2D eigenvalue weighted by Gasteiger charge is -2.19. The van der Waals surface area contributed by atoms with Crippen molar-refractivity contribution in [2.75, 3.05) is 19.3 Å². The molecular formula is C12H15F3N2O. The van der Waals surface area contributed by atoms with Crippen LogP contribution in [0.3, 0.4) is 0 Å². The highest BCUT2D eigenvalue weighted by Gasteiger charge is 2.30. The van der Waals surface area contributed by atoms with Gasteiger partial charge in [-0.3, -0.25) is 4.79 Å². The largest absolute Gasteiger partial charge is 0.406 e. The van der Waals surface area contributed by atoms with Gasteiger partial charge in [0, 0.05) is 19.2 Å². The van der Waals surface area contributed by atoms with Crippen molar-refractivity contribution in [1.82, 2.24) is 4.90 Å². The molecule has 0 aliphatic rings. The van der Waals surface area contributed by atoms with Gasteiger partial charge in [-0.05, 0) is 18.1 Å². The van der Waals surface area contributed by atoms with Crippen molar-refractivity contribution in [2.24, 2.45) is 0 Å². The lowest BCUT2D eigenvalue weighted by atomic mass is 10.1. The zero-order chi connectivity index (χ0) is 13.8. The summed E-state index contributed by atoms with van der Waals surface area (Å²) in [6.45, 7) is -1.23. The molecule has 0 heterocycles. The Hall–Kier alpha value is -1.72. The minimum Gasteiger partial charge on any atom is -0.399 e. The van der Waals surface area contributed by atoms with Crippen molar-refractivity contribution < 1.29 is 18.0 Å². The number of alkyl halides is 3. The second-order valence-electron chi connectivity index (χ2n) is 4.06. The third-order valence-electron chi connectivity index (χ3n) is 2.51. The summed E-state index contributed by atoms with van der Waals surface area (Å²) in [6.07, 6.45) is -4.01. The van der Waals surface area contributed by atoms with E-state index in [4.69, 9.17) is 5.73 Å². The second-order valence-corrected chi connectivity index (χ2v) is 4.06. The normalized spacial score (nSPS) is 11.3. The number of hydrogen-bond acceptors (Lipinski definition) is 2. The first-order valence-corrected chi connectivity index (χ1v) is 5.43. The van der Waals surface area contributed by atoms with Crippen LogP contribution >= 0.6 is 0 Å². The summed E-state index contributed by atoms with van der Waals surface area (Å²) in [5, 5.41) is 0. The van der Waals surface area contributed by atoms with Crippen LogP contribution in [-0.4, -0.2) is 30.6 Å². The predicted molar refractivity (Wildman–Crippen MR) is 62.9 cm³/mol. The average molecular weight is 260 g/mol. The van der Waals surface area contributed by atoms with Crippen LogP contribution in [0.15, 0.2) is 24.3 Å². The second kappa shape index (κ2) is 5.75. The van der Waals surface area contributed by atoms with Crippen molar-refractivity contribution in [1.29, 1.82) is 0 Å². The molecule has 0 fully saturated rings. The van der Waals surface area contributed by atoms with Crippen molar-refractivity contribution >= 4 is 11.6 Å². The van der Waals surface area contributed by atoms with Crippen LogP contribution in [0.1, 0.15) is 12.0 Å². The van der Waals surface area contributed by atoms with Gasteiger partial charge in [-0.2, -0.15) is 13.2 Å². The van der Waals surface area contributed by atoms with Crippen LogP contribution in [0.2, 0.25) is 0 Å². The highest BCUT2D eigenvalue weighted by molar-refractivity contribution is 5.76. The Morgan fingerprint density at radius 3 is 2.50 bits per heavy atom. The average Bonchev–Trinajstić information content (AvgIpc) is 2.25. The lowest BCUT2D eigenvalue weighted by molar-refractivity contribution is -0.158. The van der Waals surface area contributed by atoms with Gasteiger partial charge < -0.3 is 10.6 Å². The van der Waals surface area contributed by atoms with Gasteiger partial charge in [0.05, 0.1) is 0 Å². The molecule has 1 aromatic rings. The summed E-state index contributed by atoms with van der Waals surface area (Å²) in [6, 6.07) is 6.98. The van der Waals surface area contributed by atoms with Gasteiger partial charge in [0.1, 0.15) is 6.54 Å². The fourth-order valence-corrected chi connectivity index (χ4v) is 1.55. The van der Waals surface area contributed by atoms with Crippen molar-refractivity contribution in [3.05, 3.63) is 29.8 Å². The van der Waals surface area contributed by atoms with Crippen LogP contribution in [0.5, 0.6) is 0 Å². The van der Waals surface area contributed by atoms with E-state index in [0.29, 0.717) is 17.0 Å². The first-order chi connectivity index (χ1) is 8.29. The minimum absolute atomic E-state index is 0.0147. The number of para-hydroxylation sites is 1. The molecule has 1 aromatic carbocycles. The number of nitrogens with two attached hydrogens (primary N) is 1. The quantitative estimate of drug-likeness (QED) is 0.844. The molecule has 0 bridgehead atoms. The summed E-state index contributed by atoms with van der Waals surface area (Å²) in [5.41, 5.74) is 6.99. The van der Waals surface area contributed by atoms with Crippen LogP contribution < -0.4 is 5.73 Å². The number of amides is 1. The molecule has 0 aliphatic carbocycles. The number of nitrogens with zero attached hydrogens (tertiary/aromatic N) is 1. The fourth-order valence-electron chi connectivity index (χ4n) is 1.55. The van der Waals surface area contributed by atoms with Gasteiger partial charge in [-0.15, -0.1) is 0 Å². The molecule has 3 nitrogen and oxygen atoms in total. The molecule has 0 saturated heterocycles. The molecule has 18 heavy (non-hydrogen) atoms. The van der Waals surface area contributed by atoms with Crippen LogP contribution in [-0.2, 0) is 11.2 Å². The fraction of sp³-hybridized carbons (Fsp3) is 0.417. The molecule has 0 unspecified atom stereocenters. The Labute approximate surface area is 103 Å². The number of benzene rings is 1. The highest BCUT2D eigenvalue weighted by atomic mass is 19.4. The van der Waals surface area contributed by atoms with E-state index < -0.39 is 18.6 Å². The van der Waals surface area contributed by atoms with E-state index in [1.807, 2.05) is 0 Å². The van der Waals surface area contributed by atoms with Crippen LogP contribution in [0.25, 0.3) is 0 Å². The zero-order valence-electron chi connectivity index (χ0n) is 10.00. The first-order valence-electron chi connectivity index (χ1n) is 5.43. The molecule has 0 saturated carbocycles. The van der Waals surface area contributed by atoms with E-state index in [-0.39, 0.29) is 6.42 Å². The maximum atomic E-state index is 12.1. The maximum Gasteiger partial charge on any atom is 0.406 e. The smallest absolute Gasteiger partial charge is 0.399 e. The third kappa shape index (κ3) is 4.65. The van der Waals surface area contributed by atoms with E-state index in [1.165, 1.54) is 0 Å². The van der Waals surface area contributed by atoms with Gasteiger partial charge in [0.2, 0.25) is 5.91 Å². The Morgan fingerprint density at radius 1 is 1.33 bits per heavy atom. The van der Waals surface area contributed by atoms with Gasteiger partial charge in [-0.1, -0.05) is 18.2 Å². The Balaban J connectivity index is 2.49.